The van der Waals surface area contributed by atoms with Crippen molar-refractivity contribution in [1.29, 1.82) is 0 Å². The average molecular weight is 410 g/mol. The monoisotopic (exact) mass is 410 g/mol. The lowest BCUT2D eigenvalue weighted by molar-refractivity contribution is -0.128. The maximum atomic E-state index is 12.8. The number of amides is 2. The fourth-order valence-electron chi connectivity index (χ4n) is 3.39. The van der Waals surface area contributed by atoms with Gasteiger partial charge in [-0.3, -0.25) is 14.4 Å². The van der Waals surface area contributed by atoms with Crippen LogP contribution in [0.1, 0.15) is 16.9 Å². The second kappa shape index (κ2) is 7.50. The van der Waals surface area contributed by atoms with E-state index in [0.717, 1.165) is 0 Å². The Kier molecular flexibility index (Phi) is 4.86. The summed E-state index contributed by atoms with van der Waals surface area (Å²) in [7, 11) is 5.08. The van der Waals surface area contributed by atoms with E-state index in [0.29, 0.717) is 35.8 Å². The van der Waals surface area contributed by atoms with E-state index in [4.69, 9.17) is 0 Å². The number of pyridine rings is 1. The second-order valence-corrected chi connectivity index (χ2v) is 7.11. The molecule has 3 N–H and O–H groups in total. The highest BCUT2D eigenvalue weighted by atomic mass is 16.2. The molecule has 0 bridgehead atoms. The Hall–Kier alpha value is -3.89. The summed E-state index contributed by atoms with van der Waals surface area (Å²) in [6.07, 6.45) is 3.62. The first-order valence-corrected chi connectivity index (χ1v) is 9.44. The first kappa shape index (κ1) is 19.4. The standard InChI is InChI=1S/C19H22N8O3/c1-20-13-9-15(22-11-5-4-7-25(2)18(11)29)24-27-14(10-21-16(13)27)17(28)23-12-6-8-26(3)19(12)30/h4-5,7,9-10,12,20H,6,8H2,1-3H3,(H,22,24)(H,23,28)/t12-/m1/s1. The van der Waals surface area contributed by atoms with Crippen LogP contribution >= 0.6 is 0 Å². The van der Waals surface area contributed by atoms with E-state index in [1.54, 1.807) is 50.4 Å². The van der Waals surface area contributed by atoms with Crippen LogP contribution in [0.5, 0.6) is 0 Å². The van der Waals surface area contributed by atoms with Crippen LogP contribution in [0.4, 0.5) is 17.2 Å². The minimum Gasteiger partial charge on any atom is -0.385 e. The SMILES string of the molecule is CNc1cc(Nc2cccn(C)c2=O)nn2c(C(=O)N[C@@H]3CCN(C)C3=O)cnc12. The maximum absolute atomic E-state index is 12.8. The number of nitrogens with one attached hydrogen (secondary N) is 3. The average Bonchev–Trinajstić information content (AvgIpc) is 3.29. The Bertz CT molecular complexity index is 1200. The van der Waals surface area contributed by atoms with Gasteiger partial charge in [-0.2, -0.15) is 0 Å². The van der Waals surface area contributed by atoms with E-state index in [9.17, 15) is 14.4 Å². The van der Waals surface area contributed by atoms with Crippen LogP contribution in [0.25, 0.3) is 5.65 Å². The third-order valence-electron chi connectivity index (χ3n) is 5.09. The van der Waals surface area contributed by atoms with E-state index < -0.39 is 11.9 Å². The molecule has 0 aromatic carbocycles. The topological polar surface area (TPSA) is 126 Å². The number of nitrogens with zero attached hydrogens (tertiary/aromatic N) is 5. The van der Waals surface area contributed by atoms with Gasteiger partial charge in [-0.1, -0.05) is 0 Å². The second-order valence-electron chi connectivity index (χ2n) is 7.11. The molecule has 3 aromatic heterocycles. The molecule has 2 amide bonds. The molecule has 3 aromatic rings. The zero-order chi connectivity index (χ0) is 21.4. The van der Waals surface area contributed by atoms with Crippen molar-refractivity contribution in [2.75, 3.05) is 31.3 Å². The zero-order valence-corrected chi connectivity index (χ0v) is 16.8. The number of imidazole rings is 1. The quantitative estimate of drug-likeness (QED) is 0.548. The van der Waals surface area contributed by atoms with E-state index >= 15 is 0 Å². The molecule has 0 spiro atoms. The summed E-state index contributed by atoms with van der Waals surface area (Å²) in [5.74, 6) is -0.208. The molecule has 1 atom stereocenters. The van der Waals surface area contributed by atoms with Crippen LogP contribution in [0.15, 0.2) is 35.4 Å². The summed E-state index contributed by atoms with van der Waals surface area (Å²) < 4.78 is 2.84. The number of rotatable bonds is 5. The van der Waals surface area contributed by atoms with Crippen LogP contribution in [-0.2, 0) is 11.8 Å². The Morgan fingerprint density at radius 3 is 2.73 bits per heavy atom. The third-order valence-corrected chi connectivity index (χ3v) is 5.09. The van der Waals surface area contributed by atoms with Gasteiger partial charge in [0, 0.05) is 40.0 Å². The van der Waals surface area contributed by atoms with E-state index in [-0.39, 0.29) is 17.2 Å². The Labute approximate surface area is 171 Å². The first-order valence-electron chi connectivity index (χ1n) is 9.44. The predicted octanol–water partition coefficient (Wildman–Crippen LogP) is 0.174. The van der Waals surface area contributed by atoms with Gasteiger partial charge < -0.3 is 25.4 Å². The van der Waals surface area contributed by atoms with Crippen molar-refractivity contribution in [1.82, 2.24) is 29.4 Å². The lowest BCUT2D eigenvalue weighted by Crippen LogP contribution is -2.41. The van der Waals surface area contributed by atoms with Crippen LogP contribution in [-0.4, -0.2) is 62.6 Å². The molecule has 11 nitrogen and oxygen atoms in total. The van der Waals surface area contributed by atoms with E-state index in [2.05, 4.69) is 26.0 Å². The Balaban J connectivity index is 1.69. The molecule has 1 saturated heterocycles. The van der Waals surface area contributed by atoms with Crippen molar-refractivity contribution < 1.29 is 9.59 Å². The third kappa shape index (κ3) is 3.34. The zero-order valence-electron chi connectivity index (χ0n) is 16.8. The van der Waals surface area contributed by atoms with Gasteiger partial charge in [0.05, 0.1) is 11.9 Å². The molecule has 156 valence electrons. The molecule has 0 aliphatic carbocycles. The van der Waals surface area contributed by atoms with Gasteiger partial charge in [0.15, 0.2) is 17.2 Å². The van der Waals surface area contributed by atoms with Gasteiger partial charge in [0.25, 0.3) is 11.5 Å². The maximum Gasteiger partial charge on any atom is 0.274 e. The van der Waals surface area contributed by atoms with Crippen molar-refractivity contribution in [2.24, 2.45) is 7.05 Å². The Morgan fingerprint density at radius 1 is 1.23 bits per heavy atom. The van der Waals surface area contributed by atoms with Crippen molar-refractivity contribution in [3.63, 3.8) is 0 Å². The predicted molar refractivity (Wildman–Crippen MR) is 111 cm³/mol. The van der Waals surface area contributed by atoms with Crippen molar-refractivity contribution in [3.8, 4) is 0 Å². The number of aromatic nitrogens is 4. The minimum atomic E-state index is -0.564. The van der Waals surface area contributed by atoms with Crippen LogP contribution in [0, 0.1) is 0 Å². The molecule has 11 heteroatoms. The molecule has 1 fully saturated rings. The fourth-order valence-corrected chi connectivity index (χ4v) is 3.39. The summed E-state index contributed by atoms with van der Waals surface area (Å²) in [5, 5.41) is 13.2. The molecule has 1 aliphatic heterocycles. The lowest BCUT2D eigenvalue weighted by Gasteiger charge is -2.13. The molecular weight excluding hydrogens is 388 g/mol. The molecular formula is C19H22N8O3. The summed E-state index contributed by atoms with van der Waals surface area (Å²) in [6.45, 7) is 0.596. The first-order chi connectivity index (χ1) is 14.4. The number of hydrogen-bond donors (Lipinski definition) is 3. The van der Waals surface area contributed by atoms with Gasteiger partial charge in [0.1, 0.15) is 11.7 Å². The van der Waals surface area contributed by atoms with E-state index in [1.165, 1.54) is 15.3 Å². The van der Waals surface area contributed by atoms with Crippen LogP contribution in [0.2, 0.25) is 0 Å². The van der Waals surface area contributed by atoms with Crippen molar-refractivity contribution in [3.05, 3.63) is 46.6 Å². The number of hydrogen-bond acceptors (Lipinski definition) is 7. The number of anilines is 3. The number of carbonyl (C=O) groups is 2. The number of likely N-dealkylation sites (tertiary alicyclic amines) is 1. The van der Waals surface area contributed by atoms with Crippen molar-refractivity contribution in [2.45, 2.75) is 12.5 Å². The van der Waals surface area contributed by atoms with Gasteiger partial charge >= 0.3 is 0 Å². The van der Waals surface area contributed by atoms with Gasteiger partial charge in [0.2, 0.25) is 5.91 Å². The van der Waals surface area contributed by atoms with Crippen molar-refractivity contribution >= 4 is 34.7 Å². The summed E-state index contributed by atoms with van der Waals surface area (Å²) in [6, 6.07) is 4.53. The number of carbonyl (C=O) groups excluding carboxylic acids is 2. The highest BCUT2D eigenvalue weighted by molar-refractivity contribution is 5.97. The lowest BCUT2D eigenvalue weighted by atomic mass is 10.2. The molecule has 0 radical (unpaired) electrons. The minimum absolute atomic E-state index is 0.122. The van der Waals surface area contributed by atoms with Gasteiger partial charge in [-0.15, -0.1) is 5.10 Å². The van der Waals surface area contributed by atoms with E-state index in [1.807, 2.05) is 0 Å². The molecule has 4 rings (SSSR count). The van der Waals surface area contributed by atoms with Crippen LogP contribution < -0.4 is 21.5 Å². The van der Waals surface area contributed by atoms with Gasteiger partial charge in [-0.05, 0) is 18.6 Å². The van der Waals surface area contributed by atoms with Gasteiger partial charge in [-0.25, -0.2) is 9.50 Å². The van der Waals surface area contributed by atoms with Crippen LogP contribution in [0.3, 0.4) is 0 Å². The molecule has 1 aliphatic rings. The molecule has 0 saturated carbocycles. The smallest absolute Gasteiger partial charge is 0.274 e. The summed E-state index contributed by atoms with van der Waals surface area (Å²) in [5.41, 5.74) is 1.39. The highest BCUT2D eigenvalue weighted by Gasteiger charge is 2.31. The number of likely N-dealkylation sites (N-methyl/N-ethyl adjacent to an activating group) is 1. The normalized spacial score (nSPS) is 16.2. The molecule has 4 heterocycles. The largest absolute Gasteiger partial charge is 0.385 e. The molecule has 30 heavy (non-hydrogen) atoms. The highest BCUT2D eigenvalue weighted by Crippen LogP contribution is 2.22. The summed E-state index contributed by atoms with van der Waals surface area (Å²) in [4.78, 5) is 43.1. The number of aryl methyl sites for hydroxylation is 1. The summed E-state index contributed by atoms with van der Waals surface area (Å²) >= 11 is 0. The fraction of sp³-hybridized carbons (Fsp3) is 0.316. The Morgan fingerprint density at radius 2 is 2.03 bits per heavy atom. The molecule has 0 unspecified atom stereocenters. The number of fused-ring (bicyclic) bond motifs is 1.